The highest BCUT2D eigenvalue weighted by Crippen LogP contribution is 2.29. The van der Waals surface area contributed by atoms with E-state index >= 15 is 0 Å². The van der Waals surface area contributed by atoms with Gasteiger partial charge >= 0.3 is 0 Å². The van der Waals surface area contributed by atoms with Crippen LogP contribution in [-0.4, -0.2) is 28.3 Å². The van der Waals surface area contributed by atoms with Gasteiger partial charge in [0.15, 0.2) is 17.3 Å². The van der Waals surface area contributed by atoms with Crippen LogP contribution < -0.4 is 11.1 Å². The van der Waals surface area contributed by atoms with Gasteiger partial charge in [0, 0.05) is 23.4 Å². The number of carbonyl (C=O) groups is 1. The maximum atomic E-state index is 13.7. The van der Waals surface area contributed by atoms with Crippen LogP contribution >= 0.6 is 0 Å². The van der Waals surface area contributed by atoms with Crippen LogP contribution in [0.25, 0.3) is 5.69 Å². The molecule has 1 aromatic carbocycles. The van der Waals surface area contributed by atoms with E-state index in [9.17, 15) is 13.6 Å². The summed E-state index contributed by atoms with van der Waals surface area (Å²) < 4.78 is 28.5. The van der Waals surface area contributed by atoms with Crippen molar-refractivity contribution >= 4 is 5.91 Å². The molecule has 2 aliphatic rings. The summed E-state index contributed by atoms with van der Waals surface area (Å²) in [5, 5.41) is 7.60. The molecule has 27 heavy (non-hydrogen) atoms. The van der Waals surface area contributed by atoms with Crippen molar-refractivity contribution in [2.75, 3.05) is 6.54 Å². The van der Waals surface area contributed by atoms with Crippen molar-refractivity contribution in [3.05, 3.63) is 46.8 Å². The lowest BCUT2D eigenvalue weighted by atomic mass is 9.84. The van der Waals surface area contributed by atoms with Gasteiger partial charge in [0.05, 0.1) is 5.69 Å². The van der Waals surface area contributed by atoms with Crippen molar-refractivity contribution in [3.8, 4) is 5.69 Å². The Labute approximate surface area is 156 Å². The highest BCUT2D eigenvalue weighted by Gasteiger charge is 2.31. The van der Waals surface area contributed by atoms with E-state index in [-0.39, 0.29) is 11.9 Å². The van der Waals surface area contributed by atoms with Crippen molar-refractivity contribution in [1.82, 2.24) is 15.1 Å². The summed E-state index contributed by atoms with van der Waals surface area (Å²) >= 11 is 0. The van der Waals surface area contributed by atoms with Gasteiger partial charge in [-0.1, -0.05) is 12.8 Å². The number of aromatic nitrogens is 2. The molecule has 1 saturated carbocycles. The van der Waals surface area contributed by atoms with E-state index in [4.69, 9.17) is 5.73 Å². The first-order valence-electron chi connectivity index (χ1n) is 9.65. The molecule has 0 aliphatic heterocycles. The van der Waals surface area contributed by atoms with Crippen LogP contribution in [0.2, 0.25) is 0 Å². The normalized spacial score (nSPS) is 21.9. The second kappa shape index (κ2) is 7.38. The third-order valence-electron chi connectivity index (χ3n) is 5.82. The zero-order valence-electron chi connectivity index (χ0n) is 15.2. The lowest BCUT2D eigenvalue weighted by molar-refractivity contribution is 0.0901. The van der Waals surface area contributed by atoms with Crippen LogP contribution in [0.3, 0.4) is 0 Å². The summed E-state index contributed by atoms with van der Waals surface area (Å²) in [7, 11) is 0. The first-order chi connectivity index (χ1) is 13.1. The Bertz CT molecular complexity index is 864. The first kappa shape index (κ1) is 18.1. The number of nitrogens with zero attached hydrogens (tertiary/aromatic N) is 2. The van der Waals surface area contributed by atoms with Gasteiger partial charge in [0.1, 0.15) is 0 Å². The van der Waals surface area contributed by atoms with Crippen LogP contribution in [0.4, 0.5) is 8.78 Å². The quantitative estimate of drug-likeness (QED) is 0.864. The van der Waals surface area contributed by atoms with Crippen LogP contribution in [0.5, 0.6) is 0 Å². The lowest BCUT2D eigenvalue weighted by Gasteiger charge is -2.31. The first-order valence-corrected chi connectivity index (χ1v) is 9.65. The van der Waals surface area contributed by atoms with E-state index in [1.54, 1.807) is 4.68 Å². The fourth-order valence-electron chi connectivity index (χ4n) is 4.37. The molecule has 4 rings (SSSR count). The molecule has 7 heteroatoms. The molecule has 5 nitrogen and oxygen atoms in total. The number of hydrogen-bond acceptors (Lipinski definition) is 3. The number of hydrogen-bond donors (Lipinski definition) is 2. The van der Waals surface area contributed by atoms with Crippen molar-refractivity contribution in [3.63, 3.8) is 0 Å². The molecule has 0 radical (unpaired) electrons. The monoisotopic (exact) mass is 374 g/mol. The number of carbonyl (C=O) groups excluding carboxylic acids is 1. The van der Waals surface area contributed by atoms with Gasteiger partial charge in [-0.15, -0.1) is 0 Å². The van der Waals surface area contributed by atoms with Gasteiger partial charge in [0.2, 0.25) is 0 Å². The lowest BCUT2D eigenvalue weighted by Crippen LogP contribution is -2.45. The van der Waals surface area contributed by atoms with E-state index in [1.165, 1.54) is 6.07 Å². The molecule has 1 aromatic heterocycles. The highest BCUT2D eigenvalue weighted by atomic mass is 19.2. The van der Waals surface area contributed by atoms with Gasteiger partial charge < -0.3 is 11.1 Å². The molecule has 0 spiro atoms. The fraction of sp³-hybridized carbons (Fsp3) is 0.500. The molecule has 2 atom stereocenters. The van der Waals surface area contributed by atoms with Crippen LogP contribution in [0.1, 0.15) is 53.8 Å². The predicted molar refractivity (Wildman–Crippen MR) is 97.8 cm³/mol. The minimum atomic E-state index is -0.922. The molecule has 1 heterocycles. The van der Waals surface area contributed by atoms with E-state index in [0.717, 1.165) is 68.3 Å². The van der Waals surface area contributed by atoms with Gasteiger partial charge in [-0.2, -0.15) is 5.10 Å². The Morgan fingerprint density at radius 3 is 2.78 bits per heavy atom. The fourth-order valence-corrected chi connectivity index (χ4v) is 4.37. The Morgan fingerprint density at radius 2 is 2.00 bits per heavy atom. The number of nitrogens with one attached hydrogen (secondary N) is 1. The standard InChI is InChI=1S/C20H24F2N4O/c21-15-9-8-13(10-16(15)22)26-18-7-3-5-14(18)19(25-26)20(27)24-17-6-2-1-4-12(17)11-23/h8-10,12,17H,1-7,11,23H2,(H,24,27). The van der Waals surface area contributed by atoms with Crippen molar-refractivity contribution in [2.24, 2.45) is 11.7 Å². The third-order valence-corrected chi connectivity index (χ3v) is 5.82. The summed E-state index contributed by atoms with van der Waals surface area (Å²) in [6, 6.07) is 3.76. The minimum Gasteiger partial charge on any atom is -0.348 e. The Balaban J connectivity index is 1.63. The van der Waals surface area contributed by atoms with E-state index in [1.807, 2.05) is 0 Å². The molecule has 2 unspecified atom stereocenters. The molecule has 1 fully saturated rings. The highest BCUT2D eigenvalue weighted by molar-refractivity contribution is 5.94. The van der Waals surface area contributed by atoms with Crippen molar-refractivity contribution in [2.45, 2.75) is 51.0 Å². The summed E-state index contributed by atoms with van der Waals surface area (Å²) in [6.45, 7) is 0.562. The number of fused-ring (bicyclic) bond motifs is 1. The Kier molecular flexibility index (Phi) is 4.95. The average Bonchev–Trinajstić information content (AvgIpc) is 3.27. The second-order valence-corrected chi connectivity index (χ2v) is 7.50. The maximum absolute atomic E-state index is 13.7. The Morgan fingerprint density at radius 1 is 1.19 bits per heavy atom. The second-order valence-electron chi connectivity index (χ2n) is 7.50. The number of benzene rings is 1. The topological polar surface area (TPSA) is 72.9 Å². The minimum absolute atomic E-state index is 0.0710. The van der Waals surface area contributed by atoms with Crippen LogP contribution in [0, 0.1) is 17.6 Å². The van der Waals surface area contributed by atoms with Gasteiger partial charge in [0.25, 0.3) is 5.91 Å². The molecule has 0 bridgehead atoms. The summed E-state index contributed by atoms with van der Waals surface area (Å²) in [6.07, 6.45) is 6.65. The molecule has 2 aliphatic carbocycles. The van der Waals surface area contributed by atoms with Gasteiger partial charge in [-0.05, 0) is 56.7 Å². The SMILES string of the molecule is NCC1CCCCC1NC(=O)c1nn(-c2ccc(F)c(F)c2)c2c1CCC2. The van der Waals surface area contributed by atoms with E-state index in [2.05, 4.69) is 10.4 Å². The van der Waals surface area contributed by atoms with Gasteiger partial charge in [-0.3, -0.25) is 4.79 Å². The summed E-state index contributed by atoms with van der Waals surface area (Å²) in [5.74, 6) is -1.72. The number of amides is 1. The average molecular weight is 374 g/mol. The van der Waals surface area contributed by atoms with E-state index < -0.39 is 11.6 Å². The molecular formula is C20H24F2N4O. The smallest absolute Gasteiger partial charge is 0.272 e. The van der Waals surface area contributed by atoms with Gasteiger partial charge in [-0.25, -0.2) is 13.5 Å². The van der Waals surface area contributed by atoms with Crippen LogP contribution in [-0.2, 0) is 12.8 Å². The number of nitrogens with two attached hydrogens (primary N) is 1. The summed E-state index contributed by atoms with van der Waals surface area (Å²) in [4.78, 5) is 12.9. The van der Waals surface area contributed by atoms with Crippen LogP contribution in [0.15, 0.2) is 18.2 Å². The number of halogens is 2. The summed E-state index contributed by atoms with van der Waals surface area (Å²) in [5.41, 5.74) is 8.52. The Hall–Kier alpha value is -2.28. The molecule has 2 aromatic rings. The van der Waals surface area contributed by atoms with Crippen molar-refractivity contribution in [1.29, 1.82) is 0 Å². The molecule has 0 saturated heterocycles. The molecular weight excluding hydrogens is 350 g/mol. The largest absolute Gasteiger partial charge is 0.348 e. The zero-order chi connectivity index (χ0) is 19.0. The van der Waals surface area contributed by atoms with Crippen molar-refractivity contribution < 1.29 is 13.6 Å². The molecule has 1 amide bonds. The molecule has 144 valence electrons. The van der Waals surface area contributed by atoms with E-state index in [0.29, 0.717) is 23.8 Å². The third kappa shape index (κ3) is 3.36. The number of rotatable bonds is 4. The molecule has 3 N–H and O–H groups in total. The zero-order valence-corrected chi connectivity index (χ0v) is 15.2. The predicted octanol–water partition coefficient (Wildman–Crippen LogP) is 2.89. The maximum Gasteiger partial charge on any atom is 0.272 e.